The normalized spacial score (nSPS) is 10.1. The number of pyridine rings is 1. The van der Waals surface area contributed by atoms with Gasteiger partial charge in [0.05, 0.1) is 6.54 Å². The minimum absolute atomic E-state index is 0.646. The van der Waals surface area contributed by atoms with Gasteiger partial charge in [-0.3, -0.25) is 0 Å². The predicted octanol–water partition coefficient (Wildman–Crippen LogP) is 0.00700. The Balaban J connectivity index is 2.10. The van der Waals surface area contributed by atoms with E-state index in [1.807, 2.05) is 12.1 Å². The van der Waals surface area contributed by atoms with Gasteiger partial charge in [-0.15, -0.1) is 0 Å². The molecule has 0 amide bonds. The van der Waals surface area contributed by atoms with Gasteiger partial charge in [-0.25, -0.2) is 20.5 Å². The van der Waals surface area contributed by atoms with Crippen molar-refractivity contribution in [2.75, 3.05) is 5.43 Å². The molecule has 0 unspecified atom stereocenters. The van der Waals surface area contributed by atoms with Crippen LogP contribution in [0.2, 0.25) is 0 Å². The molecule has 2 heterocycles. The maximum Gasteiger partial charge on any atom is 0.139 e. The maximum atomic E-state index is 5.20. The summed E-state index contributed by atoms with van der Waals surface area (Å²) in [5, 5.41) is 3.99. The molecule has 72 valence electrons. The summed E-state index contributed by atoms with van der Waals surface area (Å²) in [4.78, 5) is 7.93. The quantitative estimate of drug-likeness (QED) is 0.526. The second kappa shape index (κ2) is 3.84. The van der Waals surface area contributed by atoms with Crippen molar-refractivity contribution < 1.29 is 0 Å². The lowest BCUT2D eigenvalue weighted by molar-refractivity contribution is 0.683. The van der Waals surface area contributed by atoms with E-state index in [1.165, 1.54) is 6.33 Å². The molecule has 14 heavy (non-hydrogen) atoms. The summed E-state index contributed by atoms with van der Waals surface area (Å²) in [7, 11) is 0. The van der Waals surface area contributed by atoms with Crippen molar-refractivity contribution in [2.24, 2.45) is 5.84 Å². The van der Waals surface area contributed by atoms with Crippen LogP contribution >= 0.6 is 0 Å². The number of anilines is 1. The highest BCUT2D eigenvalue weighted by Gasteiger charge is 1.96. The van der Waals surface area contributed by atoms with Gasteiger partial charge in [0, 0.05) is 6.20 Å². The van der Waals surface area contributed by atoms with Gasteiger partial charge in [0.25, 0.3) is 0 Å². The summed E-state index contributed by atoms with van der Waals surface area (Å²) >= 11 is 0. The van der Waals surface area contributed by atoms with Gasteiger partial charge in [0.1, 0.15) is 18.5 Å². The summed E-state index contributed by atoms with van der Waals surface area (Å²) in [6, 6.07) is 3.75. The Kier molecular flexibility index (Phi) is 2.37. The molecule has 0 saturated carbocycles. The van der Waals surface area contributed by atoms with Crippen molar-refractivity contribution in [1.29, 1.82) is 0 Å². The van der Waals surface area contributed by atoms with Gasteiger partial charge in [0.2, 0.25) is 0 Å². The fourth-order valence-corrected chi connectivity index (χ4v) is 1.10. The third-order valence-corrected chi connectivity index (χ3v) is 1.78. The number of hydrogen-bond acceptors (Lipinski definition) is 5. The third kappa shape index (κ3) is 1.86. The fraction of sp³-hybridized carbons (Fsp3) is 0.125. The van der Waals surface area contributed by atoms with Crippen LogP contribution in [-0.4, -0.2) is 19.7 Å². The zero-order valence-electron chi connectivity index (χ0n) is 7.46. The molecule has 0 aromatic carbocycles. The van der Waals surface area contributed by atoms with Gasteiger partial charge in [-0.05, 0) is 11.6 Å². The minimum atomic E-state index is 0.646. The minimum Gasteiger partial charge on any atom is -0.308 e. The first kappa shape index (κ1) is 8.64. The molecule has 2 rings (SSSR count). The van der Waals surface area contributed by atoms with E-state index in [0.717, 1.165) is 5.56 Å². The molecule has 6 heteroatoms. The van der Waals surface area contributed by atoms with Crippen molar-refractivity contribution in [2.45, 2.75) is 6.54 Å². The molecule has 0 spiro atoms. The molecule has 2 aromatic rings. The van der Waals surface area contributed by atoms with E-state index in [4.69, 9.17) is 5.84 Å². The summed E-state index contributed by atoms with van der Waals surface area (Å²) in [5.41, 5.74) is 3.52. The Morgan fingerprint density at radius 1 is 1.43 bits per heavy atom. The second-order valence-corrected chi connectivity index (χ2v) is 2.79. The summed E-state index contributed by atoms with van der Waals surface area (Å²) in [6.45, 7) is 0.665. The average molecular weight is 190 g/mol. The van der Waals surface area contributed by atoms with Crippen LogP contribution in [-0.2, 0) is 6.54 Å². The number of hydrogen-bond donors (Lipinski definition) is 2. The van der Waals surface area contributed by atoms with E-state index in [1.54, 1.807) is 17.2 Å². The molecule has 6 nitrogen and oxygen atoms in total. The van der Waals surface area contributed by atoms with E-state index in [2.05, 4.69) is 20.5 Å². The van der Waals surface area contributed by atoms with Crippen LogP contribution in [0.5, 0.6) is 0 Å². The molecular weight excluding hydrogens is 180 g/mol. The van der Waals surface area contributed by atoms with Crippen molar-refractivity contribution >= 4 is 5.82 Å². The Morgan fingerprint density at radius 2 is 2.36 bits per heavy atom. The number of rotatable bonds is 3. The zero-order chi connectivity index (χ0) is 9.80. The van der Waals surface area contributed by atoms with Crippen molar-refractivity contribution in [3.8, 4) is 0 Å². The SMILES string of the molecule is NNc1ccc(Cn2cncn2)cn1. The fourth-order valence-electron chi connectivity index (χ4n) is 1.10. The molecule has 0 aliphatic heterocycles. The summed E-state index contributed by atoms with van der Waals surface area (Å²) in [5.74, 6) is 5.84. The van der Waals surface area contributed by atoms with E-state index >= 15 is 0 Å². The van der Waals surface area contributed by atoms with E-state index < -0.39 is 0 Å². The van der Waals surface area contributed by atoms with Gasteiger partial charge < -0.3 is 5.43 Å². The largest absolute Gasteiger partial charge is 0.308 e. The first-order valence-corrected chi connectivity index (χ1v) is 4.12. The number of nitrogens with two attached hydrogens (primary N) is 1. The third-order valence-electron chi connectivity index (χ3n) is 1.78. The van der Waals surface area contributed by atoms with Crippen LogP contribution in [0.15, 0.2) is 31.0 Å². The second-order valence-electron chi connectivity index (χ2n) is 2.79. The van der Waals surface area contributed by atoms with Crippen LogP contribution in [0, 0.1) is 0 Å². The van der Waals surface area contributed by atoms with Crippen LogP contribution in [0.3, 0.4) is 0 Å². The van der Waals surface area contributed by atoms with Gasteiger partial charge in [-0.2, -0.15) is 5.10 Å². The van der Waals surface area contributed by atoms with Crippen molar-refractivity contribution in [3.63, 3.8) is 0 Å². The Labute approximate surface area is 80.8 Å². The highest BCUT2D eigenvalue weighted by Crippen LogP contribution is 2.04. The molecule has 0 aliphatic carbocycles. The molecule has 0 saturated heterocycles. The number of nitrogens with one attached hydrogen (secondary N) is 1. The van der Waals surface area contributed by atoms with Crippen LogP contribution in [0.1, 0.15) is 5.56 Å². The van der Waals surface area contributed by atoms with Crippen LogP contribution in [0.4, 0.5) is 5.82 Å². The molecule has 0 aliphatic rings. The van der Waals surface area contributed by atoms with E-state index in [0.29, 0.717) is 12.4 Å². The van der Waals surface area contributed by atoms with Gasteiger partial charge in [-0.1, -0.05) is 6.07 Å². The standard InChI is InChI=1S/C8H10N6/c9-13-8-2-1-7(3-11-8)4-14-6-10-5-12-14/h1-3,5-6H,4,9H2,(H,11,13). The first-order chi connectivity index (χ1) is 6.88. The molecule has 3 N–H and O–H groups in total. The van der Waals surface area contributed by atoms with Crippen LogP contribution < -0.4 is 11.3 Å². The van der Waals surface area contributed by atoms with Gasteiger partial charge in [0.15, 0.2) is 0 Å². The highest BCUT2D eigenvalue weighted by atomic mass is 15.3. The number of hydrazine groups is 1. The lowest BCUT2D eigenvalue weighted by atomic mass is 10.3. The molecular formula is C8H10N6. The van der Waals surface area contributed by atoms with Gasteiger partial charge >= 0.3 is 0 Å². The van der Waals surface area contributed by atoms with E-state index in [-0.39, 0.29) is 0 Å². The molecule has 0 radical (unpaired) electrons. The number of nitrogens with zero attached hydrogens (tertiary/aromatic N) is 4. The molecule has 0 atom stereocenters. The van der Waals surface area contributed by atoms with Crippen molar-refractivity contribution in [3.05, 3.63) is 36.5 Å². The Morgan fingerprint density at radius 3 is 2.93 bits per heavy atom. The smallest absolute Gasteiger partial charge is 0.139 e. The molecule has 0 fully saturated rings. The number of nitrogen functional groups attached to an aromatic ring is 1. The topological polar surface area (TPSA) is 81.6 Å². The lowest BCUT2D eigenvalue weighted by Gasteiger charge is -2.02. The molecule has 0 bridgehead atoms. The Hall–Kier alpha value is -1.95. The predicted molar refractivity (Wildman–Crippen MR) is 51.2 cm³/mol. The molecule has 2 aromatic heterocycles. The summed E-state index contributed by atoms with van der Waals surface area (Å²) in [6.07, 6.45) is 4.91. The highest BCUT2D eigenvalue weighted by molar-refractivity contribution is 5.33. The summed E-state index contributed by atoms with van der Waals surface area (Å²) < 4.78 is 1.73. The monoisotopic (exact) mass is 190 g/mol. The van der Waals surface area contributed by atoms with E-state index in [9.17, 15) is 0 Å². The zero-order valence-corrected chi connectivity index (χ0v) is 7.46. The first-order valence-electron chi connectivity index (χ1n) is 4.12. The van der Waals surface area contributed by atoms with Crippen LogP contribution in [0.25, 0.3) is 0 Å². The Bertz CT molecular complexity index is 379. The average Bonchev–Trinajstić information content (AvgIpc) is 2.72. The van der Waals surface area contributed by atoms with Crippen molar-refractivity contribution in [1.82, 2.24) is 19.7 Å². The maximum absolute atomic E-state index is 5.20. The number of aromatic nitrogens is 4. The lowest BCUT2D eigenvalue weighted by Crippen LogP contribution is -2.08.